The summed E-state index contributed by atoms with van der Waals surface area (Å²) in [7, 11) is 1.30. The van der Waals surface area contributed by atoms with Crippen molar-refractivity contribution in [1.82, 2.24) is 9.99 Å². The molecule has 0 bridgehead atoms. The topological polar surface area (TPSA) is 89.8 Å². The molecule has 0 aliphatic carbocycles. The maximum atomic E-state index is 12.3. The molecule has 0 radical (unpaired) electrons. The highest BCUT2D eigenvalue weighted by Crippen LogP contribution is 2.19. The maximum absolute atomic E-state index is 12.3. The van der Waals surface area contributed by atoms with Crippen molar-refractivity contribution < 1.29 is 14.3 Å². The summed E-state index contributed by atoms with van der Waals surface area (Å²) in [6.07, 6.45) is 1.34. The lowest BCUT2D eigenvalue weighted by atomic mass is 10.1. The summed E-state index contributed by atoms with van der Waals surface area (Å²) in [5.41, 5.74) is 5.04. The minimum Gasteiger partial charge on any atom is -0.465 e. The second kappa shape index (κ2) is 9.51. The van der Waals surface area contributed by atoms with Crippen LogP contribution in [0.1, 0.15) is 36.7 Å². The summed E-state index contributed by atoms with van der Waals surface area (Å²) in [4.78, 5) is 36.3. The summed E-state index contributed by atoms with van der Waals surface area (Å²) >= 11 is 7.24. The number of carbonyl (C=O) groups is 2. The Kier molecular flexibility index (Phi) is 6.81. The van der Waals surface area contributed by atoms with Crippen LogP contribution in [0.4, 0.5) is 0 Å². The molecule has 3 aromatic rings. The van der Waals surface area contributed by atoms with E-state index in [1.807, 2.05) is 19.1 Å². The fourth-order valence-electron chi connectivity index (χ4n) is 2.63. The second-order valence-electron chi connectivity index (χ2n) is 6.37. The van der Waals surface area contributed by atoms with Crippen LogP contribution < -0.4 is 10.3 Å². The molecule has 0 atom stereocenters. The lowest BCUT2D eigenvalue weighted by Crippen LogP contribution is -2.17. The normalized spacial score (nSPS) is 10.9. The van der Waals surface area contributed by atoms with Crippen LogP contribution in [0.25, 0.3) is 0 Å². The first-order valence-corrected chi connectivity index (χ1v) is 10.0. The van der Waals surface area contributed by atoms with E-state index in [-0.39, 0.29) is 22.5 Å². The van der Waals surface area contributed by atoms with Gasteiger partial charge in [-0.15, -0.1) is 0 Å². The van der Waals surface area contributed by atoms with Gasteiger partial charge < -0.3 is 4.74 Å². The van der Waals surface area contributed by atoms with Crippen LogP contribution in [0.2, 0.25) is 5.15 Å². The van der Waals surface area contributed by atoms with Gasteiger partial charge in [0.2, 0.25) is 0 Å². The van der Waals surface area contributed by atoms with Gasteiger partial charge in [0.1, 0.15) is 5.15 Å². The fourth-order valence-corrected chi connectivity index (χ4v) is 3.74. The Hall–Kier alpha value is -3.23. The molecule has 0 unspecified atom stereocenters. The average molecular weight is 444 g/mol. The summed E-state index contributed by atoms with van der Waals surface area (Å²) in [6, 6.07) is 13.8. The van der Waals surface area contributed by atoms with Crippen molar-refractivity contribution in [2.45, 2.75) is 13.5 Å². The van der Waals surface area contributed by atoms with E-state index in [2.05, 4.69) is 10.5 Å². The molecule has 2 aromatic carbocycles. The van der Waals surface area contributed by atoms with Crippen molar-refractivity contribution in [3.8, 4) is 0 Å². The third-order valence-electron chi connectivity index (χ3n) is 4.21. The number of carbonyl (C=O) groups excluding carboxylic acids is 2. The predicted octanol–water partition coefficient (Wildman–Crippen LogP) is 3.47. The van der Waals surface area contributed by atoms with E-state index in [9.17, 15) is 14.4 Å². The minimum atomic E-state index is -0.460. The number of nitrogens with one attached hydrogen (secondary N) is 1. The monoisotopic (exact) mass is 443 g/mol. The zero-order valence-electron chi connectivity index (χ0n) is 16.2. The van der Waals surface area contributed by atoms with Crippen molar-refractivity contribution >= 4 is 41.0 Å². The molecular formula is C21H18ClN3O4S. The van der Waals surface area contributed by atoms with Gasteiger partial charge in [0, 0.05) is 5.56 Å². The molecule has 7 nitrogen and oxygen atoms in total. The molecule has 3 rings (SSSR count). The van der Waals surface area contributed by atoms with Crippen LogP contribution in [-0.2, 0) is 11.3 Å². The SMILES string of the molecule is COC(=O)c1cccc(Cn2c(Cl)c(C=NNC(=O)c3ccc(C)cc3)sc2=O)c1. The number of halogens is 1. The second-order valence-corrected chi connectivity index (χ2v) is 7.72. The van der Waals surface area contributed by atoms with Gasteiger partial charge in [0.15, 0.2) is 0 Å². The molecule has 0 aliphatic rings. The molecule has 0 fully saturated rings. The number of methoxy groups -OCH3 is 1. The van der Waals surface area contributed by atoms with Crippen molar-refractivity contribution in [2.24, 2.45) is 5.10 Å². The highest BCUT2D eigenvalue weighted by molar-refractivity contribution is 7.11. The van der Waals surface area contributed by atoms with E-state index in [4.69, 9.17) is 16.3 Å². The largest absolute Gasteiger partial charge is 0.465 e. The molecule has 0 spiro atoms. The molecule has 154 valence electrons. The van der Waals surface area contributed by atoms with Crippen molar-refractivity contribution in [3.63, 3.8) is 0 Å². The van der Waals surface area contributed by atoms with Crippen LogP contribution in [0, 0.1) is 6.92 Å². The summed E-state index contributed by atoms with van der Waals surface area (Å²) in [6.45, 7) is 2.11. The Morgan fingerprint density at radius 3 is 2.63 bits per heavy atom. The van der Waals surface area contributed by atoms with Gasteiger partial charge in [0.05, 0.1) is 30.3 Å². The lowest BCUT2D eigenvalue weighted by Gasteiger charge is -2.06. The Morgan fingerprint density at radius 2 is 1.93 bits per heavy atom. The number of aryl methyl sites for hydroxylation is 1. The van der Waals surface area contributed by atoms with Gasteiger partial charge in [-0.2, -0.15) is 5.10 Å². The number of benzene rings is 2. The molecule has 1 N–H and O–H groups in total. The van der Waals surface area contributed by atoms with E-state index in [1.165, 1.54) is 17.9 Å². The Morgan fingerprint density at radius 1 is 1.20 bits per heavy atom. The van der Waals surface area contributed by atoms with E-state index in [1.54, 1.807) is 36.4 Å². The molecule has 30 heavy (non-hydrogen) atoms. The van der Waals surface area contributed by atoms with Crippen LogP contribution in [0.15, 0.2) is 58.4 Å². The third kappa shape index (κ3) is 5.03. The zero-order chi connectivity index (χ0) is 21.7. The average Bonchev–Trinajstić information content (AvgIpc) is 3.01. The standard InChI is InChI=1S/C21H18ClN3O4S/c1-13-6-8-15(9-7-13)19(26)24-23-11-17-18(22)25(21(28)30-17)12-14-4-3-5-16(10-14)20(27)29-2/h3-11H,12H2,1-2H3,(H,24,26). The molecule has 1 amide bonds. The first-order chi connectivity index (χ1) is 14.4. The van der Waals surface area contributed by atoms with E-state index >= 15 is 0 Å². The van der Waals surface area contributed by atoms with E-state index in [0.29, 0.717) is 16.0 Å². The molecule has 1 aromatic heterocycles. The number of amides is 1. The Labute approximate surface area is 181 Å². The Bertz CT molecular complexity index is 1170. The first kappa shape index (κ1) is 21.5. The quantitative estimate of drug-likeness (QED) is 0.359. The van der Waals surface area contributed by atoms with Gasteiger partial charge >= 0.3 is 10.8 Å². The van der Waals surface area contributed by atoms with Crippen LogP contribution in [0.3, 0.4) is 0 Å². The van der Waals surface area contributed by atoms with E-state index in [0.717, 1.165) is 22.5 Å². The molecular weight excluding hydrogens is 426 g/mol. The number of rotatable bonds is 6. The van der Waals surface area contributed by atoms with Gasteiger partial charge in [-0.25, -0.2) is 10.2 Å². The molecule has 0 saturated heterocycles. The van der Waals surface area contributed by atoms with Crippen molar-refractivity contribution in [1.29, 1.82) is 0 Å². The summed E-state index contributed by atoms with van der Waals surface area (Å²) in [5, 5.41) is 4.10. The van der Waals surface area contributed by atoms with E-state index < -0.39 is 5.97 Å². The zero-order valence-corrected chi connectivity index (χ0v) is 17.8. The molecule has 0 aliphatic heterocycles. The van der Waals surface area contributed by atoms with Crippen molar-refractivity contribution in [3.05, 3.63) is 90.5 Å². The lowest BCUT2D eigenvalue weighted by molar-refractivity contribution is 0.0600. The number of aromatic nitrogens is 1. The smallest absolute Gasteiger partial charge is 0.337 e. The number of nitrogens with zero attached hydrogens (tertiary/aromatic N) is 2. The number of hydrogen-bond donors (Lipinski definition) is 1. The first-order valence-electron chi connectivity index (χ1n) is 8.85. The van der Waals surface area contributed by atoms with Crippen LogP contribution in [0.5, 0.6) is 0 Å². The number of thiazole rings is 1. The summed E-state index contributed by atoms with van der Waals surface area (Å²) < 4.78 is 6.08. The minimum absolute atomic E-state index is 0.183. The third-order valence-corrected chi connectivity index (χ3v) is 5.64. The maximum Gasteiger partial charge on any atom is 0.337 e. The number of esters is 1. The van der Waals surface area contributed by atoms with Crippen LogP contribution >= 0.6 is 22.9 Å². The number of ether oxygens (including phenoxy) is 1. The van der Waals surface area contributed by atoms with Crippen molar-refractivity contribution in [2.75, 3.05) is 7.11 Å². The predicted molar refractivity (Wildman–Crippen MR) is 117 cm³/mol. The van der Waals surface area contributed by atoms with Gasteiger partial charge in [-0.3, -0.25) is 14.2 Å². The summed E-state index contributed by atoms with van der Waals surface area (Å²) in [5.74, 6) is -0.827. The Balaban J connectivity index is 1.73. The van der Waals surface area contributed by atoms with Gasteiger partial charge in [-0.1, -0.05) is 52.8 Å². The highest BCUT2D eigenvalue weighted by Gasteiger charge is 2.13. The molecule has 0 saturated carbocycles. The molecule has 9 heteroatoms. The van der Waals surface area contributed by atoms with Gasteiger partial charge in [0.25, 0.3) is 5.91 Å². The molecule has 1 heterocycles. The number of hydrazone groups is 1. The number of hydrogen-bond acceptors (Lipinski definition) is 6. The van der Waals surface area contributed by atoms with Crippen LogP contribution in [-0.4, -0.2) is 29.8 Å². The fraction of sp³-hybridized carbons (Fsp3) is 0.143. The van der Waals surface area contributed by atoms with Gasteiger partial charge in [-0.05, 0) is 36.8 Å². The highest BCUT2D eigenvalue weighted by atomic mass is 35.5.